The van der Waals surface area contributed by atoms with Crippen LogP contribution in [0.25, 0.3) is 0 Å². The van der Waals surface area contributed by atoms with Gasteiger partial charge in [-0.15, -0.1) is 0 Å². The molecule has 2 rings (SSSR count). The van der Waals surface area contributed by atoms with Gasteiger partial charge in [0.15, 0.2) is 5.78 Å². The molecule has 0 radical (unpaired) electrons. The van der Waals surface area contributed by atoms with E-state index < -0.39 is 0 Å². The van der Waals surface area contributed by atoms with Crippen molar-refractivity contribution in [3.8, 4) is 11.5 Å². The minimum Gasteiger partial charge on any atom is -0.495 e. The Bertz CT molecular complexity index is 499. The van der Waals surface area contributed by atoms with Gasteiger partial charge in [0, 0.05) is 5.92 Å². The molecule has 2 unspecified atom stereocenters. The molecule has 4 heteroatoms. The highest BCUT2D eigenvalue weighted by atomic mass is 79.9. The maximum Gasteiger partial charge on any atom is 0.169 e. The average Bonchev–Trinajstić information content (AvgIpc) is 2.95. The van der Waals surface area contributed by atoms with Gasteiger partial charge in [0.2, 0.25) is 0 Å². The van der Waals surface area contributed by atoms with Gasteiger partial charge in [0.1, 0.15) is 16.0 Å². The summed E-state index contributed by atoms with van der Waals surface area (Å²) in [6.07, 6.45) is 4.31. The number of Topliss-reactive ketones (excluding diaryl/α,β-unsaturated/α-hetero) is 1. The fourth-order valence-electron chi connectivity index (χ4n) is 2.99. The third-order valence-corrected chi connectivity index (χ3v) is 4.99. The van der Waals surface area contributed by atoms with E-state index in [0.29, 0.717) is 27.5 Å². The SMILES string of the molecule is CCC1CCC(C(=O)c2ccc(OC)c(Br)c2OC)C1. The van der Waals surface area contributed by atoms with Crippen LogP contribution in [0.2, 0.25) is 0 Å². The van der Waals surface area contributed by atoms with E-state index in [4.69, 9.17) is 9.47 Å². The number of benzene rings is 1. The number of halogens is 1. The Labute approximate surface area is 128 Å². The van der Waals surface area contributed by atoms with Gasteiger partial charge >= 0.3 is 0 Å². The van der Waals surface area contributed by atoms with Crippen LogP contribution in [-0.4, -0.2) is 20.0 Å². The summed E-state index contributed by atoms with van der Waals surface area (Å²) in [6, 6.07) is 3.62. The predicted molar refractivity (Wildman–Crippen MR) is 82.7 cm³/mol. The first kappa shape index (κ1) is 15.4. The Morgan fingerprint density at radius 3 is 2.60 bits per heavy atom. The Morgan fingerprint density at radius 2 is 2.05 bits per heavy atom. The van der Waals surface area contributed by atoms with Crippen molar-refractivity contribution < 1.29 is 14.3 Å². The van der Waals surface area contributed by atoms with Crippen LogP contribution in [0.4, 0.5) is 0 Å². The monoisotopic (exact) mass is 340 g/mol. The standard InChI is InChI=1S/C16H21BrO3/c1-4-10-5-6-11(9-10)15(18)12-7-8-13(19-2)14(17)16(12)20-3/h7-8,10-11H,4-6,9H2,1-3H3. The topological polar surface area (TPSA) is 35.5 Å². The molecule has 0 spiro atoms. The Kier molecular flexibility index (Phi) is 5.08. The van der Waals surface area contributed by atoms with Gasteiger partial charge in [-0.25, -0.2) is 0 Å². The molecule has 0 aromatic heterocycles. The number of hydrogen-bond acceptors (Lipinski definition) is 3. The summed E-state index contributed by atoms with van der Waals surface area (Å²) >= 11 is 3.45. The van der Waals surface area contributed by atoms with Gasteiger partial charge in [0.05, 0.1) is 19.8 Å². The summed E-state index contributed by atoms with van der Waals surface area (Å²) in [5, 5.41) is 0. The van der Waals surface area contributed by atoms with Crippen LogP contribution in [0.15, 0.2) is 16.6 Å². The van der Waals surface area contributed by atoms with Crippen LogP contribution >= 0.6 is 15.9 Å². The van der Waals surface area contributed by atoms with E-state index in [0.717, 1.165) is 25.7 Å². The molecule has 20 heavy (non-hydrogen) atoms. The number of ketones is 1. The summed E-state index contributed by atoms with van der Waals surface area (Å²) < 4.78 is 11.4. The highest BCUT2D eigenvalue weighted by molar-refractivity contribution is 9.10. The fraction of sp³-hybridized carbons (Fsp3) is 0.562. The van der Waals surface area contributed by atoms with Crippen molar-refractivity contribution in [1.82, 2.24) is 0 Å². The van der Waals surface area contributed by atoms with E-state index in [1.54, 1.807) is 14.2 Å². The molecule has 1 aliphatic carbocycles. The highest BCUT2D eigenvalue weighted by Crippen LogP contribution is 2.41. The summed E-state index contributed by atoms with van der Waals surface area (Å²) in [4.78, 5) is 12.7. The fourth-order valence-corrected chi connectivity index (χ4v) is 3.66. The van der Waals surface area contributed by atoms with Crippen molar-refractivity contribution in [2.24, 2.45) is 11.8 Å². The van der Waals surface area contributed by atoms with Crippen molar-refractivity contribution in [3.05, 3.63) is 22.2 Å². The van der Waals surface area contributed by atoms with E-state index in [1.165, 1.54) is 0 Å². The molecule has 0 N–H and O–H groups in total. The molecule has 1 aromatic carbocycles. The third kappa shape index (κ3) is 2.85. The molecule has 0 bridgehead atoms. The summed E-state index contributed by atoms with van der Waals surface area (Å²) in [7, 11) is 3.18. The number of carbonyl (C=O) groups is 1. The van der Waals surface area contributed by atoms with Crippen molar-refractivity contribution in [3.63, 3.8) is 0 Å². The van der Waals surface area contributed by atoms with E-state index in [9.17, 15) is 4.79 Å². The van der Waals surface area contributed by atoms with Crippen LogP contribution in [0.3, 0.4) is 0 Å². The van der Waals surface area contributed by atoms with Gasteiger partial charge < -0.3 is 9.47 Å². The van der Waals surface area contributed by atoms with Crippen LogP contribution in [0.1, 0.15) is 43.0 Å². The molecule has 3 nitrogen and oxygen atoms in total. The lowest BCUT2D eigenvalue weighted by atomic mass is 9.94. The zero-order valence-electron chi connectivity index (χ0n) is 12.2. The lowest BCUT2D eigenvalue weighted by molar-refractivity contribution is 0.0916. The number of hydrogen-bond donors (Lipinski definition) is 0. The second kappa shape index (κ2) is 6.61. The van der Waals surface area contributed by atoms with Gasteiger partial charge in [-0.1, -0.05) is 13.3 Å². The summed E-state index contributed by atoms with van der Waals surface area (Å²) in [5.74, 6) is 2.28. The minimum atomic E-state index is 0.133. The number of carbonyl (C=O) groups excluding carboxylic acids is 1. The largest absolute Gasteiger partial charge is 0.495 e. The molecule has 2 atom stereocenters. The molecule has 1 fully saturated rings. The maximum absolute atomic E-state index is 12.7. The van der Waals surface area contributed by atoms with Crippen LogP contribution in [-0.2, 0) is 0 Å². The number of rotatable bonds is 5. The zero-order valence-corrected chi connectivity index (χ0v) is 13.8. The molecule has 0 aliphatic heterocycles. The van der Waals surface area contributed by atoms with Gasteiger partial charge in [0.25, 0.3) is 0 Å². The summed E-state index contributed by atoms with van der Waals surface area (Å²) in [6.45, 7) is 2.20. The molecule has 1 aliphatic rings. The second-order valence-electron chi connectivity index (χ2n) is 5.31. The quantitative estimate of drug-likeness (QED) is 0.741. The molecule has 0 heterocycles. The maximum atomic E-state index is 12.7. The van der Waals surface area contributed by atoms with E-state index >= 15 is 0 Å². The molecule has 1 aromatic rings. The Morgan fingerprint density at radius 1 is 1.30 bits per heavy atom. The predicted octanol–water partition coefficient (Wildman–Crippen LogP) is 4.48. The van der Waals surface area contributed by atoms with Gasteiger partial charge in [-0.2, -0.15) is 0 Å². The van der Waals surface area contributed by atoms with E-state index in [-0.39, 0.29) is 11.7 Å². The number of ether oxygens (including phenoxy) is 2. The van der Waals surface area contributed by atoms with E-state index in [2.05, 4.69) is 22.9 Å². The van der Waals surface area contributed by atoms with Crippen LogP contribution < -0.4 is 9.47 Å². The van der Waals surface area contributed by atoms with Crippen LogP contribution in [0, 0.1) is 11.8 Å². The second-order valence-corrected chi connectivity index (χ2v) is 6.10. The van der Waals surface area contributed by atoms with Crippen molar-refractivity contribution in [1.29, 1.82) is 0 Å². The lowest BCUT2D eigenvalue weighted by Gasteiger charge is -2.15. The van der Waals surface area contributed by atoms with Crippen molar-refractivity contribution >= 4 is 21.7 Å². The molecular formula is C16H21BrO3. The van der Waals surface area contributed by atoms with Gasteiger partial charge in [-0.05, 0) is 53.2 Å². The summed E-state index contributed by atoms with van der Waals surface area (Å²) in [5.41, 5.74) is 0.655. The minimum absolute atomic E-state index is 0.133. The number of methoxy groups -OCH3 is 2. The highest BCUT2D eigenvalue weighted by Gasteiger charge is 2.31. The molecule has 1 saturated carbocycles. The van der Waals surface area contributed by atoms with Crippen molar-refractivity contribution in [2.45, 2.75) is 32.6 Å². The van der Waals surface area contributed by atoms with Crippen LogP contribution in [0.5, 0.6) is 11.5 Å². The first-order valence-electron chi connectivity index (χ1n) is 7.07. The molecule has 0 amide bonds. The molecule has 110 valence electrons. The smallest absolute Gasteiger partial charge is 0.169 e. The van der Waals surface area contributed by atoms with E-state index in [1.807, 2.05) is 12.1 Å². The Balaban J connectivity index is 2.28. The first-order chi connectivity index (χ1) is 9.62. The molecular weight excluding hydrogens is 320 g/mol. The average molecular weight is 341 g/mol. The lowest BCUT2D eigenvalue weighted by Crippen LogP contribution is -2.13. The third-order valence-electron chi connectivity index (χ3n) is 4.24. The first-order valence-corrected chi connectivity index (χ1v) is 7.86. The Hall–Kier alpha value is -1.03. The molecule has 0 saturated heterocycles. The van der Waals surface area contributed by atoms with Gasteiger partial charge in [-0.3, -0.25) is 4.79 Å². The normalized spacial score (nSPS) is 21.8. The van der Waals surface area contributed by atoms with Crippen molar-refractivity contribution in [2.75, 3.05) is 14.2 Å². The zero-order chi connectivity index (χ0) is 14.7.